The normalized spacial score (nSPS) is 20.6. The van der Waals surface area contributed by atoms with Crippen molar-refractivity contribution in [2.45, 2.75) is 19.6 Å². The number of hydrogen-bond donors (Lipinski definition) is 1. The Hall–Kier alpha value is -1.12. The lowest BCUT2D eigenvalue weighted by Gasteiger charge is -2.19. The number of benzene rings is 1. The largest absolute Gasteiger partial charge is 0.389 e. The Bertz CT molecular complexity index is 353. The fourth-order valence-corrected chi connectivity index (χ4v) is 1.74. The van der Waals surface area contributed by atoms with E-state index in [0.29, 0.717) is 13.2 Å². The van der Waals surface area contributed by atoms with Crippen molar-refractivity contribution in [3.63, 3.8) is 0 Å². The van der Waals surface area contributed by atoms with E-state index in [4.69, 9.17) is 4.74 Å². The van der Waals surface area contributed by atoms with Crippen LogP contribution in [-0.4, -0.2) is 17.8 Å². The molecule has 1 atom stereocenters. The lowest BCUT2D eigenvalue weighted by molar-refractivity contribution is 0.145. The second kappa shape index (κ2) is 3.95. The molecular weight excluding hydrogens is 176 g/mol. The SMILES string of the molecule is CC(O)/C=C1/COCc2ccccc21. The summed E-state index contributed by atoms with van der Waals surface area (Å²) >= 11 is 0. The molecule has 1 N–H and O–H groups in total. The minimum Gasteiger partial charge on any atom is -0.389 e. The van der Waals surface area contributed by atoms with Crippen molar-refractivity contribution in [1.82, 2.24) is 0 Å². The number of aliphatic hydroxyl groups is 1. The molecule has 0 amide bonds. The predicted octanol–water partition coefficient (Wildman–Crippen LogP) is 1.98. The molecule has 0 bridgehead atoms. The lowest BCUT2D eigenvalue weighted by atomic mass is 9.97. The molecule has 0 aliphatic carbocycles. The second-order valence-electron chi connectivity index (χ2n) is 3.58. The van der Waals surface area contributed by atoms with Gasteiger partial charge in [0.2, 0.25) is 0 Å². The topological polar surface area (TPSA) is 29.5 Å². The van der Waals surface area contributed by atoms with Crippen molar-refractivity contribution in [1.29, 1.82) is 0 Å². The Morgan fingerprint density at radius 3 is 2.93 bits per heavy atom. The van der Waals surface area contributed by atoms with Gasteiger partial charge in [-0.05, 0) is 23.6 Å². The lowest BCUT2D eigenvalue weighted by Crippen LogP contribution is -2.10. The minimum absolute atomic E-state index is 0.417. The monoisotopic (exact) mass is 190 g/mol. The van der Waals surface area contributed by atoms with E-state index in [0.717, 1.165) is 5.57 Å². The molecule has 0 radical (unpaired) electrons. The minimum atomic E-state index is -0.417. The number of rotatable bonds is 1. The van der Waals surface area contributed by atoms with Gasteiger partial charge in [0.1, 0.15) is 0 Å². The van der Waals surface area contributed by atoms with Gasteiger partial charge in [-0.25, -0.2) is 0 Å². The highest BCUT2D eigenvalue weighted by atomic mass is 16.5. The summed E-state index contributed by atoms with van der Waals surface area (Å²) in [6.45, 7) is 3.03. The summed E-state index contributed by atoms with van der Waals surface area (Å²) in [6, 6.07) is 8.16. The van der Waals surface area contributed by atoms with Crippen LogP contribution in [0.1, 0.15) is 18.1 Å². The van der Waals surface area contributed by atoms with Gasteiger partial charge in [-0.3, -0.25) is 0 Å². The average Bonchev–Trinajstić information content (AvgIpc) is 2.18. The molecule has 1 aliphatic rings. The molecule has 0 aromatic heterocycles. The van der Waals surface area contributed by atoms with E-state index in [2.05, 4.69) is 12.1 Å². The highest BCUT2D eigenvalue weighted by molar-refractivity contribution is 5.70. The van der Waals surface area contributed by atoms with E-state index in [1.165, 1.54) is 11.1 Å². The highest BCUT2D eigenvalue weighted by Gasteiger charge is 2.13. The summed E-state index contributed by atoms with van der Waals surface area (Å²) in [4.78, 5) is 0. The highest BCUT2D eigenvalue weighted by Crippen LogP contribution is 2.25. The summed E-state index contributed by atoms with van der Waals surface area (Å²) in [7, 11) is 0. The van der Waals surface area contributed by atoms with Crippen molar-refractivity contribution in [2.75, 3.05) is 6.61 Å². The van der Waals surface area contributed by atoms with Gasteiger partial charge >= 0.3 is 0 Å². The van der Waals surface area contributed by atoms with Crippen LogP contribution in [0, 0.1) is 0 Å². The van der Waals surface area contributed by atoms with Gasteiger partial charge in [0.15, 0.2) is 0 Å². The summed E-state index contributed by atoms with van der Waals surface area (Å²) in [5.41, 5.74) is 3.49. The van der Waals surface area contributed by atoms with E-state index >= 15 is 0 Å². The van der Waals surface area contributed by atoms with Crippen molar-refractivity contribution < 1.29 is 9.84 Å². The van der Waals surface area contributed by atoms with Crippen LogP contribution in [0.3, 0.4) is 0 Å². The van der Waals surface area contributed by atoms with Gasteiger partial charge < -0.3 is 9.84 Å². The maximum atomic E-state index is 9.30. The third kappa shape index (κ3) is 1.86. The second-order valence-corrected chi connectivity index (χ2v) is 3.58. The molecule has 1 aromatic rings. The number of hydrogen-bond acceptors (Lipinski definition) is 2. The average molecular weight is 190 g/mol. The molecule has 0 spiro atoms. The van der Waals surface area contributed by atoms with Gasteiger partial charge in [0, 0.05) is 0 Å². The first-order chi connectivity index (χ1) is 6.77. The first kappa shape index (κ1) is 9.44. The van der Waals surface area contributed by atoms with Crippen LogP contribution in [0.25, 0.3) is 5.57 Å². The summed E-state index contributed by atoms with van der Waals surface area (Å²) < 4.78 is 5.43. The Kier molecular flexibility index (Phi) is 2.66. The van der Waals surface area contributed by atoms with Crippen molar-refractivity contribution in [3.8, 4) is 0 Å². The molecule has 2 nitrogen and oxygen atoms in total. The number of ether oxygens (including phenoxy) is 1. The molecule has 1 heterocycles. The van der Waals surface area contributed by atoms with Gasteiger partial charge in [0.25, 0.3) is 0 Å². The van der Waals surface area contributed by atoms with Crippen LogP contribution < -0.4 is 0 Å². The Morgan fingerprint density at radius 1 is 1.36 bits per heavy atom. The van der Waals surface area contributed by atoms with E-state index in [1.54, 1.807) is 6.92 Å². The zero-order chi connectivity index (χ0) is 9.97. The molecule has 0 fully saturated rings. The smallest absolute Gasteiger partial charge is 0.0727 e. The molecule has 1 aliphatic heterocycles. The van der Waals surface area contributed by atoms with Crippen molar-refractivity contribution in [3.05, 3.63) is 41.5 Å². The maximum Gasteiger partial charge on any atom is 0.0727 e. The quantitative estimate of drug-likeness (QED) is 0.733. The molecule has 2 rings (SSSR count). The summed E-state index contributed by atoms with van der Waals surface area (Å²) in [5, 5.41) is 9.30. The first-order valence-electron chi connectivity index (χ1n) is 4.82. The summed E-state index contributed by atoms with van der Waals surface area (Å²) in [5.74, 6) is 0. The van der Waals surface area contributed by atoms with Crippen molar-refractivity contribution >= 4 is 5.57 Å². The van der Waals surface area contributed by atoms with E-state index < -0.39 is 6.10 Å². The summed E-state index contributed by atoms with van der Waals surface area (Å²) in [6.07, 6.45) is 1.43. The van der Waals surface area contributed by atoms with Crippen LogP contribution in [0.15, 0.2) is 30.3 Å². The zero-order valence-corrected chi connectivity index (χ0v) is 8.23. The fourth-order valence-electron chi connectivity index (χ4n) is 1.74. The van der Waals surface area contributed by atoms with E-state index in [1.807, 2.05) is 18.2 Å². The third-order valence-electron chi connectivity index (χ3n) is 2.32. The van der Waals surface area contributed by atoms with Gasteiger partial charge in [-0.15, -0.1) is 0 Å². The van der Waals surface area contributed by atoms with Gasteiger partial charge in [0.05, 0.1) is 19.3 Å². The van der Waals surface area contributed by atoms with Crippen LogP contribution in [-0.2, 0) is 11.3 Å². The fraction of sp³-hybridized carbons (Fsp3) is 0.333. The Morgan fingerprint density at radius 2 is 2.14 bits per heavy atom. The molecule has 0 saturated carbocycles. The standard InChI is InChI=1S/C12H14O2/c1-9(13)6-11-8-14-7-10-4-2-3-5-12(10)11/h2-6,9,13H,7-8H2,1H3/b11-6-. The van der Waals surface area contributed by atoms with Crippen LogP contribution in [0.2, 0.25) is 0 Å². The van der Waals surface area contributed by atoms with Gasteiger partial charge in [-0.1, -0.05) is 30.3 Å². The number of fused-ring (bicyclic) bond motifs is 1. The molecular formula is C12H14O2. The zero-order valence-electron chi connectivity index (χ0n) is 8.23. The first-order valence-corrected chi connectivity index (χ1v) is 4.82. The van der Waals surface area contributed by atoms with Gasteiger partial charge in [-0.2, -0.15) is 0 Å². The molecule has 74 valence electrons. The van der Waals surface area contributed by atoms with E-state index in [-0.39, 0.29) is 0 Å². The van der Waals surface area contributed by atoms with Crippen LogP contribution in [0.5, 0.6) is 0 Å². The van der Waals surface area contributed by atoms with E-state index in [9.17, 15) is 5.11 Å². The van der Waals surface area contributed by atoms with Crippen LogP contribution >= 0.6 is 0 Å². The molecule has 1 unspecified atom stereocenters. The number of aliphatic hydroxyl groups excluding tert-OH is 1. The maximum absolute atomic E-state index is 9.30. The van der Waals surface area contributed by atoms with Crippen molar-refractivity contribution in [2.24, 2.45) is 0 Å². The predicted molar refractivity (Wildman–Crippen MR) is 55.8 cm³/mol. The Balaban J connectivity index is 2.40. The molecule has 14 heavy (non-hydrogen) atoms. The molecule has 2 heteroatoms. The van der Waals surface area contributed by atoms with Crippen LogP contribution in [0.4, 0.5) is 0 Å². The Labute approximate surface area is 83.8 Å². The molecule has 0 saturated heterocycles. The third-order valence-corrected chi connectivity index (χ3v) is 2.32. The molecule has 1 aromatic carbocycles.